The van der Waals surface area contributed by atoms with Crippen LogP contribution in [0.4, 0.5) is 0 Å². The molecule has 5 nitrogen and oxygen atoms in total. The first-order valence-corrected chi connectivity index (χ1v) is 19.8. The van der Waals surface area contributed by atoms with E-state index < -0.39 is 0 Å². The van der Waals surface area contributed by atoms with Gasteiger partial charge in [-0.15, -0.1) is 0 Å². The molecule has 0 spiro atoms. The maximum absolute atomic E-state index is 5.50. The minimum atomic E-state index is 0.703. The van der Waals surface area contributed by atoms with Gasteiger partial charge in [0.1, 0.15) is 5.65 Å². The fourth-order valence-corrected chi connectivity index (χ4v) is 8.17. The molecular formula is C54H35N5. The van der Waals surface area contributed by atoms with Gasteiger partial charge in [0, 0.05) is 55.7 Å². The van der Waals surface area contributed by atoms with Crippen LogP contribution in [0.5, 0.6) is 0 Å². The molecule has 11 aromatic rings. The molecule has 4 heterocycles. The Balaban J connectivity index is 1.05. The minimum Gasteiger partial charge on any atom is -0.298 e. The van der Waals surface area contributed by atoms with E-state index in [0.717, 1.165) is 100 Å². The van der Waals surface area contributed by atoms with Gasteiger partial charge in [-0.05, 0) is 35.4 Å². The number of imidazole rings is 1. The van der Waals surface area contributed by atoms with Gasteiger partial charge in [-0.3, -0.25) is 4.40 Å². The number of pyridine rings is 2. The summed E-state index contributed by atoms with van der Waals surface area (Å²) in [4.78, 5) is 20.7. The van der Waals surface area contributed by atoms with Gasteiger partial charge in [-0.25, -0.2) is 19.9 Å². The quantitative estimate of drug-likeness (QED) is 0.152. The molecule has 0 unspecified atom stereocenters. The van der Waals surface area contributed by atoms with E-state index in [-0.39, 0.29) is 0 Å². The first-order valence-electron chi connectivity index (χ1n) is 19.8. The minimum absolute atomic E-state index is 0.703. The molecule has 0 N–H and O–H groups in total. The Hall–Kier alpha value is -8.02. The smallest absolute Gasteiger partial charge is 0.160 e. The Morgan fingerprint density at radius 2 is 0.847 bits per heavy atom. The Labute approximate surface area is 341 Å². The summed E-state index contributed by atoms with van der Waals surface area (Å²) in [7, 11) is 0. The third kappa shape index (κ3) is 6.22. The fraction of sp³-hybridized carbons (Fsp3) is 0. The highest BCUT2D eigenvalue weighted by Gasteiger charge is 2.21. The maximum Gasteiger partial charge on any atom is 0.160 e. The number of aromatic nitrogens is 5. The number of nitrogens with zero attached hydrogens (tertiary/aromatic N) is 5. The van der Waals surface area contributed by atoms with Crippen LogP contribution in [0, 0.1) is 0 Å². The molecular weight excluding hydrogens is 719 g/mol. The van der Waals surface area contributed by atoms with Crippen LogP contribution in [0.1, 0.15) is 0 Å². The lowest BCUT2D eigenvalue weighted by atomic mass is 9.98. The van der Waals surface area contributed by atoms with Gasteiger partial charge in [-0.2, -0.15) is 0 Å². The number of fused-ring (bicyclic) bond motifs is 5. The number of hydrogen-bond acceptors (Lipinski definition) is 4. The van der Waals surface area contributed by atoms with Crippen molar-refractivity contribution in [3.8, 4) is 78.8 Å². The largest absolute Gasteiger partial charge is 0.298 e. The van der Waals surface area contributed by atoms with Gasteiger partial charge >= 0.3 is 0 Å². The van der Waals surface area contributed by atoms with Gasteiger partial charge in [0.25, 0.3) is 0 Å². The molecule has 11 rings (SSSR count). The van der Waals surface area contributed by atoms with E-state index in [1.165, 1.54) is 0 Å². The molecule has 0 fully saturated rings. The molecule has 0 radical (unpaired) electrons. The van der Waals surface area contributed by atoms with Crippen LogP contribution in [-0.4, -0.2) is 24.3 Å². The monoisotopic (exact) mass is 753 g/mol. The van der Waals surface area contributed by atoms with Gasteiger partial charge in [0.15, 0.2) is 5.82 Å². The summed E-state index contributed by atoms with van der Waals surface area (Å²) in [5.41, 5.74) is 15.0. The molecule has 0 atom stereocenters. The van der Waals surface area contributed by atoms with E-state index in [9.17, 15) is 0 Å². The van der Waals surface area contributed by atoms with Crippen molar-refractivity contribution >= 4 is 27.3 Å². The highest BCUT2D eigenvalue weighted by atomic mass is 15.0. The molecule has 0 aliphatic carbocycles. The molecule has 0 saturated heterocycles. The molecule has 0 bridgehead atoms. The second-order valence-electron chi connectivity index (χ2n) is 14.7. The summed E-state index contributed by atoms with van der Waals surface area (Å²) in [6.07, 6.45) is 2.16. The molecule has 0 amide bonds. The van der Waals surface area contributed by atoms with Crippen molar-refractivity contribution in [1.82, 2.24) is 24.3 Å². The first-order chi connectivity index (χ1) is 29.2. The van der Waals surface area contributed by atoms with Crippen LogP contribution in [0.25, 0.3) is 106 Å². The summed E-state index contributed by atoms with van der Waals surface area (Å²) >= 11 is 0. The van der Waals surface area contributed by atoms with E-state index in [1.807, 2.05) is 42.5 Å². The zero-order valence-corrected chi connectivity index (χ0v) is 31.9. The van der Waals surface area contributed by atoms with Crippen molar-refractivity contribution in [2.45, 2.75) is 0 Å². The van der Waals surface area contributed by atoms with Crippen LogP contribution in [0.15, 0.2) is 212 Å². The zero-order chi connectivity index (χ0) is 39.1. The van der Waals surface area contributed by atoms with Crippen molar-refractivity contribution in [2.24, 2.45) is 0 Å². The van der Waals surface area contributed by atoms with Gasteiger partial charge in [-0.1, -0.05) is 182 Å². The average Bonchev–Trinajstić information content (AvgIpc) is 3.72. The first kappa shape index (κ1) is 34.2. The van der Waals surface area contributed by atoms with Crippen molar-refractivity contribution < 1.29 is 0 Å². The number of hydrogen-bond donors (Lipinski definition) is 0. The lowest BCUT2D eigenvalue weighted by molar-refractivity contribution is 1.18. The Kier molecular flexibility index (Phi) is 8.41. The highest BCUT2D eigenvalue weighted by Crippen LogP contribution is 2.40. The molecule has 59 heavy (non-hydrogen) atoms. The van der Waals surface area contributed by atoms with E-state index >= 15 is 0 Å². The molecule has 5 heteroatoms. The summed E-state index contributed by atoms with van der Waals surface area (Å²) in [5, 5.41) is 3.24. The van der Waals surface area contributed by atoms with Crippen LogP contribution in [0.3, 0.4) is 0 Å². The Morgan fingerprint density at radius 3 is 1.53 bits per heavy atom. The Morgan fingerprint density at radius 1 is 0.322 bits per heavy atom. The number of benzene rings is 7. The number of rotatable bonds is 7. The van der Waals surface area contributed by atoms with E-state index in [4.69, 9.17) is 19.9 Å². The Bertz CT molecular complexity index is 3230. The predicted molar refractivity (Wildman–Crippen MR) is 242 cm³/mol. The fourth-order valence-electron chi connectivity index (χ4n) is 8.17. The van der Waals surface area contributed by atoms with Crippen LogP contribution in [-0.2, 0) is 0 Å². The standard InChI is InChI=1S/C54H35N5/c1-5-16-37(17-6-1)47-35-48(57-53(56-47)41-22-11-4-12-23-41)38-30-28-36(29-31-38)42-24-15-25-43(34-42)52-51(40-20-9-3-10-21-40)58-54-49-44-26-13-14-27-46(44)55-50(39-18-7-2-8-19-39)45(49)32-33-59(52)54/h1-35H. The molecule has 7 aromatic carbocycles. The van der Waals surface area contributed by atoms with Crippen LogP contribution in [0.2, 0.25) is 0 Å². The molecule has 0 aliphatic rings. The van der Waals surface area contributed by atoms with Crippen molar-refractivity contribution in [2.75, 3.05) is 0 Å². The lowest BCUT2D eigenvalue weighted by Crippen LogP contribution is -1.96. The summed E-state index contributed by atoms with van der Waals surface area (Å²) in [5.74, 6) is 0.703. The van der Waals surface area contributed by atoms with Gasteiger partial charge in [0.05, 0.1) is 34.0 Å². The van der Waals surface area contributed by atoms with E-state index in [2.05, 4.69) is 174 Å². The summed E-state index contributed by atoms with van der Waals surface area (Å²) in [6.45, 7) is 0. The SMILES string of the molecule is c1ccc(-c2cc(-c3ccc(-c4cccc(-c5c(-c6ccccc6)nc6c7c(ccn56)c(-c5ccccc5)nc5ccccc57)c4)cc3)nc(-c3ccccc3)n2)cc1. The highest BCUT2D eigenvalue weighted by molar-refractivity contribution is 6.17. The molecule has 276 valence electrons. The summed E-state index contributed by atoms with van der Waals surface area (Å²) in [6, 6.07) is 71.5. The van der Waals surface area contributed by atoms with E-state index in [1.54, 1.807) is 0 Å². The maximum atomic E-state index is 5.50. The van der Waals surface area contributed by atoms with Gasteiger partial charge in [0.2, 0.25) is 0 Å². The van der Waals surface area contributed by atoms with Crippen molar-refractivity contribution in [3.05, 3.63) is 212 Å². The lowest BCUT2D eigenvalue weighted by Gasteiger charge is -2.13. The second kappa shape index (κ2) is 14.5. The zero-order valence-electron chi connectivity index (χ0n) is 31.9. The third-order valence-corrected chi connectivity index (χ3v) is 11.0. The second-order valence-corrected chi connectivity index (χ2v) is 14.7. The van der Waals surface area contributed by atoms with Crippen LogP contribution >= 0.6 is 0 Å². The van der Waals surface area contributed by atoms with Crippen molar-refractivity contribution in [1.29, 1.82) is 0 Å². The van der Waals surface area contributed by atoms with Gasteiger partial charge < -0.3 is 0 Å². The average molecular weight is 754 g/mol. The molecule has 0 aliphatic heterocycles. The normalized spacial score (nSPS) is 11.4. The topological polar surface area (TPSA) is 56.0 Å². The predicted octanol–water partition coefficient (Wildman–Crippen LogP) is 13.5. The van der Waals surface area contributed by atoms with E-state index in [0.29, 0.717) is 5.82 Å². The van der Waals surface area contributed by atoms with Crippen LogP contribution < -0.4 is 0 Å². The number of para-hydroxylation sites is 1. The third-order valence-electron chi connectivity index (χ3n) is 11.0. The molecule has 0 saturated carbocycles. The summed E-state index contributed by atoms with van der Waals surface area (Å²) < 4.78 is 2.26. The molecule has 4 aromatic heterocycles. The van der Waals surface area contributed by atoms with Crippen molar-refractivity contribution in [3.63, 3.8) is 0 Å².